The largest absolute Gasteiger partial charge is 0.306 e. The van der Waals surface area contributed by atoms with Gasteiger partial charge in [-0.25, -0.2) is 9.19 Å². The summed E-state index contributed by atoms with van der Waals surface area (Å²) in [6.45, 7) is 1.88. The summed E-state index contributed by atoms with van der Waals surface area (Å²) >= 11 is 3.92. The summed E-state index contributed by atoms with van der Waals surface area (Å²) < 4.78 is 19.8. The quantitative estimate of drug-likeness (QED) is 0.662. The van der Waals surface area contributed by atoms with Crippen LogP contribution in [0.5, 0.6) is 0 Å². The maximum atomic E-state index is 10.9. The first-order chi connectivity index (χ1) is 8.08. The first-order valence-corrected chi connectivity index (χ1v) is 6.46. The minimum atomic E-state index is -1.92. The predicted octanol–water partition coefficient (Wildman–Crippen LogP) is 2.16. The fourth-order valence-electron chi connectivity index (χ4n) is 1.52. The summed E-state index contributed by atoms with van der Waals surface area (Å²) in [4.78, 5) is 4.18. The summed E-state index contributed by atoms with van der Waals surface area (Å²) in [6, 6.07) is 3.29. The van der Waals surface area contributed by atoms with Gasteiger partial charge in [0.25, 0.3) is 0 Å². The zero-order valence-electron chi connectivity index (χ0n) is 8.98. The number of aromatic amines is 1. The second-order valence-electron chi connectivity index (χ2n) is 3.54. The fraction of sp³-hybridized carbons (Fsp3) is 0.200. The number of aromatic nitrogens is 3. The molecule has 1 atom stereocenters. The van der Waals surface area contributed by atoms with Crippen LogP contribution in [-0.4, -0.2) is 23.9 Å². The van der Waals surface area contributed by atoms with Crippen LogP contribution in [0.15, 0.2) is 18.3 Å². The number of pyridine rings is 1. The lowest BCUT2D eigenvalue weighted by Crippen LogP contribution is -1.99. The monoisotopic (exact) mass is 271 g/mol. The number of nitrogens with zero attached hydrogens (tertiary/aromatic N) is 2. The lowest BCUT2D eigenvalue weighted by atomic mass is 10.1. The summed E-state index contributed by atoms with van der Waals surface area (Å²) in [6.07, 6.45) is 1.66. The molecule has 2 N–H and O–H groups in total. The second kappa shape index (κ2) is 4.95. The van der Waals surface area contributed by atoms with Crippen molar-refractivity contribution in [3.63, 3.8) is 0 Å². The Morgan fingerprint density at radius 2 is 2.29 bits per heavy atom. The normalized spacial score (nSPS) is 12.6. The van der Waals surface area contributed by atoms with E-state index in [-0.39, 0.29) is 5.75 Å². The molecule has 0 bridgehead atoms. The third-order valence-electron chi connectivity index (χ3n) is 2.29. The van der Waals surface area contributed by atoms with Crippen molar-refractivity contribution in [3.8, 4) is 11.4 Å². The van der Waals surface area contributed by atoms with Gasteiger partial charge in [-0.2, -0.15) is 5.10 Å². The van der Waals surface area contributed by atoms with E-state index in [2.05, 4.69) is 15.2 Å². The Balaban J connectivity index is 2.54. The highest BCUT2D eigenvalue weighted by molar-refractivity contribution is 7.78. The molecule has 0 saturated carbocycles. The van der Waals surface area contributed by atoms with Crippen molar-refractivity contribution < 1.29 is 8.76 Å². The number of rotatable bonds is 3. The van der Waals surface area contributed by atoms with Gasteiger partial charge in [0, 0.05) is 0 Å². The van der Waals surface area contributed by atoms with E-state index in [1.54, 1.807) is 18.3 Å². The van der Waals surface area contributed by atoms with E-state index in [0.717, 1.165) is 5.56 Å². The molecule has 0 fully saturated rings. The van der Waals surface area contributed by atoms with E-state index < -0.39 is 11.1 Å². The van der Waals surface area contributed by atoms with Gasteiger partial charge in [0.1, 0.15) is 5.15 Å². The Morgan fingerprint density at radius 3 is 2.88 bits per heavy atom. The maximum absolute atomic E-state index is 10.9. The standard InChI is InChI=1S/C10H10ClN3O2S/c1-6-4-12-14-9(6)10-7(5-17(15)16)2-3-8(11)13-10/h2-4H,5H2,1H3,(H,12,14)(H,15,16). The Kier molecular flexibility index (Phi) is 3.56. The van der Waals surface area contributed by atoms with Gasteiger partial charge in [0.2, 0.25) is 0 Å². The molecule has 5 nitrogen and oxygen atoms in total. The third kappa shape index (κ3) is 2.71. The molecule has 0 aromatic carbocycles. The lowest BCUT2D eigenvalue weighted by Gasteiger charge is -2.06. The van der Waals surface area contributed by atoms with Gasteiger partial charge in [-0.1, -0.05) is 17.7 Å². The number of halogens is 1. The third-order valence-corrected chi connectivity index (χ3v) is 3.06. The highest BCUT2D eigenvalue weighted by Crippen LogP contribution is 2.25. The minimum absolute atomic E-state index is 0.0119. The number of H-pyrrole nitrogens is 1. The fourth-order valence-corrected chi connectivity index (χ4v) is 2.16. The molecular weight excluding hydrogens is 262 g/mol. The van der Waals surface area contributed by atoms with Crippen LogP contribution in [0.1, 0.15) is 11.1 Å². The molecule has 2 rings (SSSR count). The van der Waals surface area contributed by atoms with Gasteiger partial charge in [-0.15, -0.1) is 0 Å². The van der Waals surface area contributed by atoms with Gasteiger partial charge in [-0.05, 0) is 24.1 Å². The van der Waals surface area contributed by atoms with Crippen molar-refractivity contribution in [1.82, 2.24) is 15.2 Å². The van der Waals surface area contributed by atoms with Crippen molar-refractivity contribution in [2.24, 2.45) is 0 Å². The molecule has 0 radical (unpaired) electrons. The predicted molar refractivity (Wildman–Crippen MR) is 66.0 cm³/mol. The zero-order chi connectivity index (χ0) is 12.4. The molecule has 7 heteroatoms. The van der Waals surface area contributed by atoms with Crippen LogP contribution < -0.4 is 0 Å². The molecule has 0 aliphatic carbocycles. The number of nitrogens with one attached hydrogen (secondary N) is 1. The molecule has 2 heterocycles. The van der Waals surface area contributed by atoms with Crippen LogP contribution in [0.2, 0.25) is 5.15 Å². The molecule has 2 aromatic rings. The summed E-state index contributed by atoms with van der Waals surface area (Å²) in [5.41, 5.74) is 2.84. The van der Waals surface area contributed by atoms with Gasteiger partial charge in [0.15, 0.2) is 11.1 Å². The van der Waals surface area contributed by atoms with E-state index >= 15 is 0 Å². The van der Waals surface area contributed by atoms with Crippen molar-refractivity contribution in [1.29, 1.82) is 0 Å². The van der Waals surface area contributed by atoms with E-state index in [9.17, 15) is 4.21 Å². The molecule has 0 aliphatic rings. The molecule has 17 heavy (non-hydrogen) atoms. The van der Waals surface area contributed by atoms with Crippen LogP contribution in [0, 0.1) is 6.92 Å². The molecule has 1 unspecified atom stereocenters. The average Bonchev–Trinajstić information content (AvgIpc) is 2.66. The van der Waals surface area contributed by atoms with Crippen LogP contribution in [0.3, 0.4) is 0 Å². The van der Waals surface area contributed by atoms with Gasteiger partial charge in [-0.3, -0.25) is 5.10 Å². The van der Waals surface area contributed by atoms with E-state index in [1.807, 2.05) is 6.92 Å². The molecule has 2 aromatic heterocycles. The van der Waals surface area contributed by atoms with Gasteiger partial charge in [0.05, 0.1) is 23.3 Å². The van der Waals surface area contributed by atoms with E-state index in [1.165, 1.54) is 0 Å². The van der Waals surface area contributed by atoms with Crippen molar-refractivity contribution in [2.45, 2.75) is 12.7 Å². The Morgan fingerprint density at radius 1 is 1.53 bits per heavy atom. The van der Waals surface area contributed by atoms with Crippen molar-refractivity contribution in [2.75, 3.05) is 0 Å². The summed E-state index contributed by atoms with van der Waals surface area (Å²) in [5, 5.41) is 7.05. The molecule has 0 saturated heterocycles. The molecule has 0 amide bonds. The van der Waals surface area contributed by atoms with Crippen LogP contribution in [0.4, 0.5) is 0 Å². The molecule has 0 spiro atoms. The first-order valence-electron chi connectivity index (χ1n) is 4.81. The Labute approximate surface area is 106 Å². The molecule has 90 valence electrons. The zero-order valence-corrected chi connectivity index (χ0v) is 10.5. The van der Waals surface area contributed by atoms with E-state index in [0.29, 0.717) is 22.1 Å². The topological polar surface area (TPSA) is 78.9 Å². The summed E-state index contributed by atoms with van der Waals surface area (Å²) in [5.74, 6) is 0.0119. The van der Waals surface area contributed by atoms with Crippen LogP contribution in [0.25, 0.3) is 11.4 Å². The minimum Gasteiger partial charge on any atom is -0.306 e. The number of hydrogen-bond donors (Lipinski definition) is 2. The summed E-state index contributed by atoms with van der Waals surface area (Å²) in [7, 11) is 0. The number of aryl methyl sites for hydroxylation is 1. The Hall–Kier alpha value is -1.24. The van der Waals surface area contributed by atoms with Gasteiger partial charge < -0.3 is 4.55 Å². The van der Waals surface area contributed by atoms with Gasteiger partial charge >= 0.3 is 0 Å². The maximum Gasteiger partial charge on any atom is 0.157 e. The van der Waals surface area contributed by atoms with Crippen LogP contribution in [-0.2, 0) is 16.8 Å². The van der Waals surface area contributed by atoms with Crippen LogP contribution >= 0.6 is 11.6 Å². The first kappa shape index (κ1) is 12.2. The lowest BCUT2D eigenvalue weighted by molar-refractivity contribution is 0.563. The van der Waals surface area contributed by atoms with Crippen molar-refractivity contribution in [3.05, 3.63) is 34.6 Å². The SMILES string of the molecule is Cc1cn[nH]c1-c1nc(Cl)ccc1CS(=O)O. The highest BCUT2D eigenvalue weighted by Gasteiger charge is 2.13. The van der Waals surface area contributed by atoms with Crippen molar-refractivity contribution >= 4 is 22.7 Å². The number of hydrogen-bond acceptors (Lipinski definition) is 3. The second-order valence-corrected chi connectivity index (χ2v) is 4.85. The highest BCUT2D eigenvalue weighted by atomic mass is 35.5. The molecular formula is C10H10ClN3O2S. The Bertz CT molecular complexity index is 570. The van der Waals surface area contributed by atoms with E-state index in [4.69, 9.17) is 16.2 Å². The average molecular weight is 272 g/mol. The molecule has 0 aliphatic heterocycles. The smallest absolute Gasteiger partial charge is 0.157 e.